The van der Waals surface area contributed by atoms with Gasteiger partial charge in [-0.3, -0.25) is 4.72 Å². The van der Waals surface area contributed by atoms with Crippen molar-refractivity contribution in [3.63, 3.8) is 0 Å². The fraction of sp³-hybridized carbons (Fsp3) is 0.455. The van der Waals surface area contributed by atoms with Crippen LogP contribution in [-0.4, -0.2) is 25.8 Å². The molecule has 0 atom stereocenters. The molecule has 0 heterocycles. The smallest absolute Gasteiger partial charge is 0.301 e. The lowest BCUT2D eigenvalue weighted by molar-refractivity contribution is 0.414. The zero-order valence-corrected chi connectivity index (χ0v) is 13.3. The number of hydrogen-bond donors (Lipinski definition) is 2. The predicted molar refractivity (Wildman–Crippen MR) is 78.7 cm³/mol. The van der Waals surface area contributed by atoms with Gasteiger partial charge in [-0.05, 0) is 54.4 Å². The van der Waals surface area contributed by atoms with Gasteiger partial charge in [-0.25, -0.2) is 0 Å². The molecule has 0 unspecified atom stereocenters. The second-order valence-corrected chi connectivity index (χ2v) is 7.01. The Bertz CT molecular complexity index is 520. The van der Waals surface area contributed by atoms with Crippen molar-refractivity contribution in [2.75, 3.05) is 17.5 Å². The van der Waals surface area contributed by atoms with Crippen LogP contribution in [0.25, 0.3) is 0 Å². The lowest BCUT2D eigenvalue weighted by Crippen LogP contribution is -2.37. The molecule has 18 heavy (non-hydrogen) atoms. The van der Waals surface area contributed by atoms with Crippen molar-refractivity contribution in [2.45, 2.75) is 26.8 Å². The lowest BCUT2D eigenvalue weighted by Gasteiger charge is -2.22. The van der Waals surface area contributed by atoms with Crippen molar-refractivity contribution in [2.24, 2.45) is 0 Å². The number of halogens is 1. The molecular formula is C11H18BrN3O2S. The van der Waals surface area contributed by atoms with E-state index in [1.165, 1.54) is 11.4 Å². The predicted octanol–water partition coefficient (Wildman–Crippen LogP) is 2.34. The minimum atomic E-state index is -3.60. The van der Waals surface area contributed by atoms with Crippen LogP contribution in [0.1, 0.15) is 19.4 Å². The van der Waals surface area contributed by atoms with E-state index in [1.54, 1.807) is 19.9 Å². The van der Waals surface area contributed by atoms with Crippen molar-refractivity contribution in [1.82, 2.24) is 4.31 Å². The van der Waals surface area contributed by atoms with Crippen LogP contribution in [0.2, 0.25) is 0 Å². The van der Waals surface area contributed by atoms with E-state index in [9.17, 15) is 8.42 Å². The SMILES string of the molecule is Cc1cc(N)c(NS(=O)(=O)N(C)C(C)C)c(Br)c1. The highest BCUT2D eigenvalue weighted by Crippen LogP contribution is 2.31. The van der Waals surface area contributed by atoms with Gasteiger partial charge in [-0.15, -0.1) is 0 Å². The molecule has 1 aromatic rings. The highest BCUT2D eigenvalue weighted by atomic mass is 79.9. The summed E-state index contributed by atoms with van der Waals surface area (Å²) < 4.78 is 28.5. The van der Waals surface area contributed by atoms with Crippen molar-refractivity contribution in [1.29, 1.82) is 0 Å². The maximum absolute atomic E-state index is 12.1. The van der Waals surface area contributed by atoms with Gasteiger partial charge in [0.15, 0.2) is 0 Å². The van der Waals surface area contributed by atoms with E-state index in [4.69, 9.17) is 5.73 Å². The summed E-state index contributed by atoms with van der Waals surface area (Å²) >= 11 is 3.31. The highest BCUT2D eigenvalue weighted by molar-refractivity contribution is 9.10. The third-order valence-electron chi connectivity index (χ3n) is 2.60. The topological polar surface area (TPSA) is 75.4 Å². The molecule has 0 spiro atoms. The minimum Gasteiger partial charge on any atom is -0.397 e. The molecule has 0 saturated heterocycles. The summed E-state index contributed by atoms with van der Waals surface area (Å²) in [4.78, 5) is 0. The number of hydrogen-bond acceptors (Lipinski definition) is 3. The maximum Gasteiger partial charge on any atom is 0.301 e. The van der Waals surface area contributed by atoms with Gasteiger partial charge in [0.25, 0.3) is 0 Å². The van der Waals surface area contributed by atoms with Crippen LogP contribution in [0.5, 0.6) is 0 Å². The first-order chi connectivity index (χ1) is 8.15. The largest absolute Gasteiger partial charge is 0.397 e. The van der Waals surface area contributed by atoms with E-state index < -0.39 is 10.2 Å². The number of benzene rings is 1. The summed E-state index contributed by atoms with van der Waals surface area (Å²) in [5.41, 5.74) is 7.55. The third kappa shape index (κ3) is 3.37. The summed E-state index contributed by atoms with van der Waals surface area (Å²) in [5.74, 6) is 0. The number of anilines is 2. The number of aryl methyl sites for hydroxylation is 1. The first-order valence-electron chi connectivity index (χ1n) is 5.46. The molecule has 0 bridgehead atoms. The Morgan fingerprint density at radius 1 is 1.39 bits per heavy atom. The van der Waals surface area contributed by atoms with Crippen LogP contribution < -0.4 is 10.5 Å². The molecule has 3 N–H and O–H groups in total. The average Bonchev–Trinajstić information content (AvgIpc) is 2.22. The zero-order valence-electron chi connectivity index (χ0n) is 10.9. The number of rotatable bonds is 4. The molecule has 1 aromatic carbocycles. The highest BCUT2D eigenvalue weighted by Gasteiger charge is 2.22. The number of nitrogens with one attached hydrogen (secondary N) is 1. The second kappa shape index (κ2) is 5.46. The van der Waals surface area contributed by atoms with Crippen LogP contribution in [0.3, 0.4) is 0 Å². The van der Waals surface area contributed by atoms with Gasteiger partial charge in [0.05, 0.1) is 11.4 Å². The molecule has 1 rings (SSSR count). The molecule has 5 nitrogen and oxygen atoms in total. The summed E-state index contributed by atoms with van der Waals surface area (Å²) in [5, 5.41) is 0. The van der Waals surface area contributed by atoms with Gasteiger partial charge in [0.2, 0.25) is 0 Å². The summed E-state index contributed by atoms with van der Waals surface area (Å²) in [6.45, 7) is 5.49. The Hall–Kier alpha value is -0.790. The Morgan fingerprint density at radius 3 is 2.39 bits per heavy atom. The van der Waals surface area contributed by atoms with Gasteiger partial charge in [0, 0.05) is 17.6 Å². The number of nitrogen functional groups attached to an aromatic ring is 1. The molecule has 102 valence electrons. The zero-order chi connectivity index (χ0) is 14.1. The van der Waals surface area contributed by atoms with Crippen LogP contribution in [-0.2, 0) is 10.2 Å². The van der Waals surface area contributed by atoms with E-state index >= 15 is 0 Å². The Balaban J connectivity index is 3.13. The fourth-order valence-electron chi connectivity index (χ4n) is 1.36. The molecule has 0 aliphatic carbocycles. The Kier molecular flexibility index (Phi) is 4.63. The molecule has 0 fully saturated rings. The Labute approximate surface area is 117 Å². The fourth-order valence-corrected chi connectivity index (χ4v) is 3.36. The van der Waals surface area contributed by atoms with Crippen LogP contribution >= 0.6 is 15.9 Å². The normalized spacial score (nSPS) is 12.2. The number of nitrogens with zero attached hydrogens (tertiary/aromatic N) is 1. The average molecular weight is 336 g/mol. The Morgan fingerprint density at radius 2 is 1.94 bits per heavy atom. The van der Waals surface area contributed by atoms with Crippen molar-refractivity contribution in [3.8, 4) is 0 Å². The van der Waals surface area contributed by atoms with Gasteiger partial charge in [-0.2, -0.15) is 12.7 Å². The molecule has 0 saturated carbocycles. The third-order valence-corrected chi connectivity index (χ3v) is 4.87. The lowest BCUT2D eigenvalue weighted by atomic mass is 10.2. The van der Waals surface area contributed by atoms with Gasteiger partial charge in [-0.1, -0.05) is 0 Å². The van der Waals surface area contributed by atoms with E-state index in [0.29, 0.717) is 15.8 Å². The first kappa shape index (κ1) is 15.3. The van der Waals surface area contributed by atoms with Crippen LogP contribution in [0.4, 0.5) is 11.4 Å². The van der Waals surface area contributed by atoms with E-state index in [1.807, 2.05) is 13.0 Å². The van der Waals surface area contributed by atoms with Crippen molar-refractivity contribution >= 4 is 37.5 Å². The summed E-state index contributed by atoms with van der Waals surface area (Å²) in [6, 6.07) is 3.40. The van der Waals surface area contributed by atoms with Crippen LogP contribution in [0, 0.1) is 6.92 Å². The molecule has 0 aliphatic heterocycles. The second-order valence-electron chi connectivity index (χ2n) is 4.43. The molecule has 0 aromatic heterocycles. The molecule has 7 heteroatoms. The minimum absolute atomic E-state index is 0.132. The molecule has 0 radical (unpaired) electrons. The van der Waals surface area contributed by atoms with Gasteiger partial charge >= 0.3 is 10.2 Å². The quantitative estimate of drug-likeness (QED) is 0.829. The van der Waals surface area contributed by atoms with E-state index in [2.05, 4.69) is 20.7 Å². The van der Waals surface area contributed by atoms with E-state index in [-0.39, 0.29) is 6.04 Å². The summed E-state index contributed by atoms with van der Waals surface area (Å²) in [6.07, 6.45) is 0. The van der Waals surface area contributed by atoms with Gasteiger partial charge < -0.3 is 5.73 Å². The van der Waals surface area contributed by atoms with Crippen molar-refractivity contribution in [3.05, 3.63) is 22.2 Å². The van der Waals surface area contributed by atoms with Crippen molar-refractivity contribution < 1.29 is 8.42 Å². The maximum atomic E-state index is 12.1. The van der Waals surface area contributed by atoms with E-state index in [0.717, 1.165) is 5.56 Å². The van der Waals surface area contributed by atoms with Gasteiger partial charge in [0.1, 0.15) is 0 Å². The summed E-state index contributed by atoms with van der Waals surface area (Å²) in [7, 11) is -2.08. The molecule has 0 amide bonds. The standard InChI is InChI=1S/C11H18BrN3O2S/c1-7(2)15(4)18(16,17)14-11-9(12)5-8(3)6-10(11)13/h5-7,14H,13H2,1-4H3. The molecule has 0 aliphatic rings. The monoisotopic (exact) mass is 335 g/mol. The first-order valence-corrected chi connectivity index (χ1v) is 7.70. The number of nitrogens with two attached hydrogens (primary N) is 1. The molecular weight excluding hydrogens is 318 g/mol. The van der Waals surface area contributed by atoms with Crippen LogP contribution in [0.15, 0.2) is 16.6 Å².